The average molecular weight is 606 g/mol. The van der Waals surface area contributed by atoms with Crippen molar-refractivity contribution < 1.29 is 4.74 Å². The van der Waals surface area contributed by atoms with E-state index < -0.39 is 0 Å². The molecule has 0 atom stereocenters. The fraction of sp³-hybridized carbons (Fsp3) is 0.469. The zero-order valence-electron chi connectivity index (χ0n) is 25.6. The molecular formula is C32H43N7OS2. The summed E-state index contributed by atoms with van der Waals surface area (Å²) in [5.74, 6) is 3.76. The summed E-state index contributed by atoms with van der Waals surface area (Å²) >= 11 is 3.75. The highest BCUT2D eigenvalue weighted by molar-refractivity contribution is 8.00. The number of hydrogen-bond acceptors (Lipinski definition) is 9. The molecule has 5 rings (SSSR count). The smallest absolute Gasteiger partial charge is 0.231 e. The molecule has 1 saturated heterocycles. The molecule has 0 bridgehead atoms. The third-order valence-corrected chi connectivity index (χ3v) is 9.32. The van der Waals surface area contributed by atoms with E-state index in [1.807, 2.05) is 43.4 Å². The predicted octanol–water partition coefficient (Wildman–Crippen LogP) is 7.90. The van der Waals surface area contributed by atoms with Crippen LogP contribution >= 0.6 is 23.5 Å². The largest absolute Gasteiger partial charge is 0.492 e. The second kappa shape index (κ2) is 14.0. The van der Waals surface area contributed by atoms with Crippen LogP contribution in [0, 0.1) is 13.8 Å². The van der Waals surface area contributed by atoms with Crippen LogP contribution in [-0.4, -0.2) is 68.6 Å². The summed E-state index contributed by atoms with van der Waals surface area (Å²) in [6.07, 6.45) is 4.54. The van der Waals surface area contributed by atoms with Gasteiger partial charge in [-0.1, -0.05) is 26.0 Å². The molecule has 8 nitrogen and oxygen atoms in total. The number of nitrogens with one attached hydrogen (secondary N) is 3. The summed E-state index contributed by atoms with van der Waals surface area (Å²) in [6.45, 7) is 14.7. The third-order valence-electron chi connectivity index (χ3n) is 7.65. The zero-order chi connectivity index (χ0) is 29.6. The fourth-order valence-corrected chi connectivity index (χ4v) is 6.94. The summed E-state index contributed by atoms with van der Waals surface area (Å²) in [4.78, 5) is 13.5. The van der Waals surface area contributed by atoms with E-state index >= 15 is 0 Å². The molecule has 0 unspecified atom stereocenters. The minimum Gasteiger partial charge on any atom is -0.492 e. The SMILES string of the molecule is CCOc1cc(C2CCN(CCSC)CC2)c(C)cc1Nc1nc(Nc2ccccc2SC(C)C)c2c(C)[nH]nc2n1. The highest BCUT2D eigenvalue weighted by Gasteiger charge is 2.24. The standard InChI is InChI=1S/C32H43N7OS2/c1-7-40-27-19-24(23-12-14-39(15-13-23)16-17-41-6)21(4)18-26(27)34-32-35-30(29-22(5)37-38-31(29)36-32)33-25-10-8-9-11-28(25)42-20(2)3/h8-11,18-20,23H,7,12-17H2,1-6H3,(H3,33,34,35,36,37,38). The van der Waals surface area contributed by atoms with Crippen LogP contribution < -0.4 is 15.4 Å². The number of nitrogens with zero attached hydrogens (tertiary/aromatic N) is 4. The summed E-state index contributed by atoms with van der Waals surface area (Å²) in [5.41, 5.74) is 6.05. The first-order chi connectivity index (χ1) is 20.4. The van der Waals surface area contributed by atoms with E-state index in [-0.39, 0.29) is 0 Å². The number of H-pyrrole nitrogens is 1. The molecule has 0 amide bonds. The van der Waals surface area contributed by atoms with Crippen molar-refractivity contribution in [2.75, 3.05) is 48.9 Å². The number of fused-ring (bicyclic) bond motifs is 1. The second-order valence-corrected chi connectivity index (χ2v) is 13.7. The van der Waals surface area contributed by atoms with E-state index in [0.29, 0.717) is 35.2 Å². The van der Waals surface area contributed by atoms with Gasteiger partial charge in [-0.3, -0.25) is 5.10 Å². The van der Waals surface area contributed by atoms with Crippen molar-refractivity contribution in [1.82, 2.24) is 25.1 Å². The topological polar surface area (TPSA) is 91.0 Å². The van der Waals surface area contributed by atoms with E-state index in [2.05, 4.69) is 83.1 Å². The quantitative estimate of drug-likeness (QED) is 0.139. The van der Waals surface area contributed by atoms with Crippen molar-refractivity contribution in [1.29, 1.82) is 0 Å². The number of anilines is 4. The van der Waals surface area contributed by atoms with Crippen LogP contribution in [0.2, 0.25) is 0 Å². The molecule has 0 saturated carbocycles. The van der Waals surface area contributed by atoms with Crippen molar-refractivity contribution >= 4 is 57.7 Å². The minimum atomic E-state index is 0.460. The Morgan fingerprint density at radius 1 is 1.07 bits per heavy atom. The Kier molecular flexibility index (Phi) is 10.2. The van der Waals surface area contributed by atoms with Crippen molar-refractivity contribution in [2.45, 2.75) is 63.5 Å². The number of aromatic nitrogens is 4. The van der Waals surface area contributed by atoms with E-state index in [1.165, 1.54) is 41.2 Å². The highest BCUT2D eigenvalue weighted by atomic mass is 32.2. The summed E-state index contributed by atoms with van der Waals surface area (Å²) in [6, 6.07) is 12.8. The number of aromatic amines is 1. The number of para-hydroxylation sites is 1. The Balaban J connectivity index is 1.43. The Bertz CT molecular complexity index is 1500. The number of hydrogen-bond donors (Lipinski definition) is 3. The first-order valence-corrected chi connectivity index (χ1v) is 17.1. The monoisotopic (exact) mass is 605 g/mol. The first-order valence-electron chi connectivity index (χ1n) is 14.9. The van der Waals surface area contributed by atoms with Gasteiger partial charge in [-0.05, 0) is 94.3 Å². The van der Waals surface area contributed by atoms with Crippen LogP contribution in [0.25, 0.3) is 11.0 Å². The molecule has 2 aromatic carbocycles. The second-order valence-electron chi connectivity index (χ2n) is 11.1. The summed E-state index contributed by atoms with van der Waals surface area (Å²) in [7, 11) is 0. The first kappa shape index (κ1) is 30.5. The van der Waals surface area contributed by atoms with Crippen LogP contribution in [0.3, 0.4) is 0 Å². The van der Waals surface area contributed by atoms with Crippen molar-refractivity contribution in [3.63, 3.8) is 0 Å². The van der Waals surface area contributed by atoms with Crippen molar-refractivity contribution in [3.05, 3.63) is 53.2 Å². The van der Waals surface area contributed by atoms with Crippen LogP contribution in [0.5, 0.6) is 5.75 Å². The normalized spacial score (nSPS) is 14.5. The molecule has 42 heavy (non-hydrogen) atoms. The number of benzene rings is 2. The van der Waals surface area contributed by atoms with E-state index in [0.717, 1.165) is 41.3 Å². The van der Waals surface area contributed by atoms with Crippen LogP contribution in [-0.2, 0) is 0 Å². The van der Waals surface area contributed by atoms with Gasteiger partial charge in [0.25, 0.3) is 0 Å². The van der Waals surface area contributed by atoms with Gasteiger partial charge in [0.2, 0.25) is 5.95 Å². The summed E-state index contributed by atoms with van der Waals surface area (Å²) < 4.78 is 6.17. The molecule has 1 fully saturated rings. The number of thioether (sulfide) groups is 2. The minimum absolute atomic E-state index is 0.460. The molecule has 0 aliphatic carbocycles. The van der Waals surface area contributed by atoms with Gasteiger partial charge in [0, 0.05) is 28.1 Å². The Hall–Kier alpha value is -2.95. The van der Waals surface area contributed by atoms with Gasteiger partial charge in [0.1, 0.15) is 11.6 Å². The van der Waals surface area contributed by atoms with E-state index in [4.69, 9.17) is 14.7 Å². The van der Waals surface area contributed by atoms with E-state index in [1.54, 1.807) is 0 Å². The molecule has 1 aliphatic rings. The number of aryl methyl sites for hydroxylation is 2. The van der Waals surface area contributed by atoms with Crippen LogP contribution in [0.15, 0.2) is 41.3 Å². The fourth-order valence-electron chi connectivity index (χ4n) is 5.59. The van der Waals surface area contributed by atoms with Gasteiger partial charge in [0.15, 0.2) is 5.65 Å². The van der Waals surface area contributed by atoms with Gasteiger partial charge < -0.3 is 20.3 Å². The number of piperidine rings is 1. The molecule has 0 spiro atoms. The Labute approximate surface area is 258 Å². The molecule has 3 N–H and O–H groups in total. The van der Waals surface area contributed by atoms with E-state index in [9.17, 15) is 0 Å². The van der Waals surface area contributed by atoms with Crippen LogP contribution in [0.1, 0.15) is 56.4 Å². The number of rotatable bonds is 12. The number of likely N-dealkylation sites (tertiary alicyclic amines) is 1. The van der Waals surface area contributed by atoms with Crippen LogP contribution in [0.4, 0.5) is 23.1 Å². The predicted molar refractivity (Wildman–Crippen MR) is 180 cm³/mol. The molecule has 10 heteroatoms. The van der Waals surface area contributed by atoms with Gasteiger partial charge in [0.05, 0.1) is 23.4 Å². The lowest BCUT2D eigenvalue weighted by molar-refractivity contribution is 0.223. The lowest BCUT2D eigenvalue weighted by Gasteiger charge is -2.33. The molecule has 2 aromatic heterocycles. The molecule has 0 radical (unpaired) electrons. The van der Waals surface area contributed by atoms with Gasteiger partial charge in [-0.25, -0.2) is 0 Å². The molecule has 4 aromatic rings. The Morgan fingerprint density at radius 3 is 2.60 bits per heavy atom. The van der Waals surface area contributed by atoms with Gasteiger partial charge in [-0.2, -0.15) is 26.8 Å². The lowest BCUT2D eigenvalue weighted by atomic mass is 9.86. The highest BCUT2D eigenvalue weighted by Crippen LogP contribution is 2.39. The maximum Gasteiger partial charge on any atom is 0.231 e. The van der Waals surface area contributed by atoms with Gasteiger partial charge >= 0.3 is 0 Å². The maximum absolute atomic E-state index is 6.17. The number of ether oxygens (including phenoxy) is 1. The maximum atomic E-state index is 6.17. The lowest BCUT2D eigenvalue weighted by Crippen LogP contribution is -2.34. The average Bonchev–Trinajstić information content (AvgIpc) is 3.35. The zero-order valence-corrected chi connectivity index (χ0v) is 27.2. The van der Waals surface area contributed by atoms with Crippen molar-refractivity contribution in [3.8, 4) is 5.75 Å². The molecule has 1 aliphatic heterocycles. The molecule has 3 heterocycles. The molecule has 224 valence electrons. The third kappa shape index (κ3) is 7.15. The van der Waals surface area contributed by atoms with Crippen molar-refractivity contribution in [2.24, 2.45) is 0 Å². The molecular weight excluding hydrogens is 563 g/mol. The Morgan fingerprint density at radius 2 is 1.86 bits per heavy atom. The summed E-state index contributed by atoms with van der Waals surface area (Å²) in [5, 5.41) is 16.0. The van der Waals surface area contributed by atoms with Gasteiger partial charge in [-0.15, -0.1) is 11.8 Å².